The first kappa shape index (κ1) is 18.5. The van der Waals surface area contributed by atoms with E-state index in [2.05, 4.69) is 4.98 Å². The number of halogens is 1. The first-order valence-corrected chi connectivity index (χ1v) is 8.91. The molecule has 3 aromatic carbocycles. The molecule has 0 atom stereocenters. The van der Waals surface area contributed by atoms with Gasteiger partial charge in [0.2, 0.25) is 0 Å². The summed E-state index contributed by atoms with van der Waals surface area (Å²) < 4.78 is 0. The number of nitro benzene ring substituents is 2. The number of rotatable bonds is 4. The molecule has 0 unspecified atom stereocenters. The lowest BCUT2D eigenvalue weighted by Gasteiger charge is -2.11. The van der Waals surface area contributed by atoms with Crippen molar-refractivity contribution >= 4 is 33.9 Å². The number of benzene rings is 3. The van der Waals surface area contributed by atoms with Crippen molar-refractivity contribution in [3.8, 4) is 22.4 Å². The van der Waals surface area contributed by atoms with Gasteiger partial charge in [0, 0.05) is 29.1 Å². The summed E-state index contributed by atoms with van der Waals surface area (Å²) >= 11 is 5.92. The van der Waals surface area contributed by atoms with Gasteiger partial charge in [-0.25, -0.2) is 4.98 Å². The van der Waals surface area contributed by atoms with Gasteiger partial charge in [-0.1, -0.05) is 48.0 Å². The van der Waals surface area contributed by atoms with Gasteiger partial charge in [-0.15, -0.1) is 0 Å². The van der Waals surface area contributed by atoms with Crippen LogP contribution in [0.5, 0.6) is 0 Å². The molecular weight excluding hydrogens is 394 g/mol. The Morgan fingerprint density at radius 2 is 1.55 bits per heavy atom. The molecule has 7 nitrogen and oxygen atoms in total. The minimum atomic E-state index is -0.547. The minimum Gasteiger partial charge on any atom is -0.258 e. The highest BCUT2D eigenvalue weighted by atomic mass is 35.5. The van der Waals surface area contributed by atoms with Crippen molar-refractivity contribution in [2.45, 2.75) is 0 Å². The number of fused-ring (bicyclic) bond motifs is 1. The first-order chi connectivity index (χ1) is 13.9. The van der Waals surface area contributed by atoms with Crippen molar-refractivity contribution in [3.63, 3.8) is 0 Å². The lowest BCUT2D eigenvalue weighted by molar-refractivity contribution is -0.384. The Labute approximate surface area is 169 Å². The Hall–Kier alpha value is -3.84. The van der Waals surface area contributed by atoms with E-state index in [1.54, 1.807) is 18.2 Å². The highest BCUT2D eigenvalue weighted by Gasteiger charge is 2.17. The summed E-state index contributed by atoms with van der Waals surface area (Å²) in [4.78, 5) is 26.0. The van der Waals surface area contributed by atoms with Crippen molar-refractivity contribution in [2.24, 2.45) is 0 Å². The summed E-state index contributed by atoms with van der Waals surface area (Å²) in [5.41, 5.74) is 2.92. The molecule has 1 aromatic heterocycles. The predicted molar refractivity (Wildman–Crippen MR) is 111 cm³/mol. The maximum atomic E-state index is 11.2. The molecule has 0 spiro atoms. The molecule has 0 radical (unpaired) electrons. The van der Waals surface area contributed by atoms with Gasteiger partial charge >= 0.3 is 0 Å². The summed E-state index contributed by atoms with van der Waals surface area (Å²) in [7, 11) is 0. The molecule has 0 saturated carbocycles. The second kappa shape index (κ2) is 7.29. The molecule has 4 rings (SSSR count). The van der Waals surface area contributed by atoms with Gasteiger partial charge < -0.3 is 0 Å². The van der Waals surface area contributed by atoms with E-state index in [-0.39, 0.29) is 16.4 Å². The molecule has 0 bridgehead atoms. The Balaban J connectivity index is 2.00. The fourth-order valence-corrected chi connectivity index (χ4v) is 3.33. The van der Waals surface area contributed by atoms with Gasteiger partial charge in [-0.05, 0) is 29.3 Å². The molecule has 29 heavy (non-hydrogen) atoms. The molecule has 0 aliphatic rings. The number of pyridine rings is 1. The quantitative estimate of drug-likeness (QED) is 0.304. The van der Waals surface area contributed by atoms with Crippen LogP contribution in [-0.4, -0.2) is 14.8 Å². The number of hydrogen-bond acceptors (Lipinski definition) is 5. The molecule has 0 aliphatic carbocycles. The van der Waals surface area contributed by atoms with E-state index in [1.165, 1.54) is 24.3 Å². The van der Waals surface area contributed by atoms with Crippen molar-refractivity contribution in [1.82, 2.24) is 4.98 Å². The van der Waals surface area contributed by atoms with Gasteiger partial charge in [0.05, 0.1) is 21.1 Å². The van der Waals surface area contributed by atoms with E-state index in [0.717, 1.165) is 11.1 Å². The van der Waals surface area contributed by atoms with Gasteiger partial charge in [0.15, 0.2) is 0 Å². The highest BCUT2D eigenvalue weighted by molar-refractivity contribution is 6.32. The SMILES string of the molecule is O=[N+]([O-])c1ccc2nc(-c3ccc(Cl)c([N+](=O)[O-])c3)cc(-c3ccccc3)c2c1. The Morgan fingerprint density at radius 1 is 0.793 bits per heavy atom. The predicted octanol–water partition coefficient (Wildman–Crippen LogP) is 6.04. The Kier molecular flexibility index (Phi) is 4.66. The normalized spacial score (nSPS) is 10.8. The highest BCUT2D eigenvalue weighted by Crippen LogP contribution is 2.36. The van der Waals surface area contributed by atoms with E-state index in [9.17, 15) is 20.2 Å². The fraction of sp³-hybridized carbons (Fsp3) is 0. The van der Waals surface area contributed by atoms with Crippen LogP contribution >= 0.6 is 11.6 Å². The van der Waals surface area contributed by atoms with Crippen molar-refractivity contribution in [2.75, 3.05) is 0 Å². The summed E-state index contributed by atoms with van der Waals surface area (Å²) in [5.74, 6) is 0. The number of hydrogen-bond donors (Lipinski definition) is 0. The van der Waals surface area contributed by atoms with Crippen LogP contribution in [0.15, 0.2) is 72.8 Å². The lowest BCUT2D eigenvalue weighted by Crippen LogP contribution is -1.94. The fourth-order valence-electron chi connectivity index (χ4n) is 3.14. The standard InChI is InChI=1S/C21H12ClN3O4/c22-18-8-6-14(10-21(18)25(28)29)20-12-16(13-4-2-1-3-5-13)17-11-15(24(26)27)7-9-19(17)23-20/h1-12H. The topological polar surface area (TPSA) is 99.2 Å². The Morgan fingerprint density at radius 3 is 2.24 bits per heavy atom. The smallest absolute Gasteiger partial charge is 0.258 e. The molecule has 4 aromatic rings. The van der Waals surface area contributed by atoms with Crippen LogP contribution in [0.25, 0.3) is 33.3 Å². The van der Waals surface area contributed by atoms with E-state index in [1.807, 2.05) is 30.3 Å². The van der Waals surface area contributed by atoms with Crippen molar-refractivity contribution in [1.29, 1.82) is 0 Å². The maximum Gasteiger partial charge on any atom is 0.288 e. The number of nitro groups is 2. The third-order valence-electron chi connectivity index (χ3n) is 4.53. The number of aromatic nitrogens is 1. The van der Waals surface area contributed by atoms with Gasteiger partial charge in [0.1, 0.15) is 5.02 Å². The molecule has 8 heteroatoms. The van der Waals surface area contributed by atoms with Crippen LogP contribution in [0.2, 0.25) is 5.02 Å². The minimum absolute atomic E-state index is 0.0358. The molecule has 0 N–H and O–H groups in total. The van der Waals surface area contributed by atoms with Crippen molar-refractivity contribution < 1.29 is 9.85 Å². The Bertz CT molecular complexity index is 1280. The monoisotopic (exact) mass is 405 g/mol. The second-order valence-electron chi connectivity index (χ2n) is 6.30. The average Bonchev–Trinajstić information content (AvgIpc) is 2.73. The summed E-state index contributed by atoms with van der Waals surface area (Å²) in [6.45, 7) is 0. The van der Waals surface area contributed by atoms with Gasteiger partial charge in [-0.3, -0.25) is 20.2 Å². The third-order valence-corrected chi connectivity index (χ3v) is 4.85. The van der Waals surface area contributed by atoms with Crippen LogP contribution < -0.4 is 0 Å². The summed E-state index contributed by atoms with van der Waals surface area (Å²) in [5, 5.41) is 23.1. The van der Waals surface area contributed by atoms with Crippen LogP contribution in [0.4, 0.5) is 11.4 Å². The zero-order valence-corrected chi connectivity index (χ0v) is 15.5. The molecule has 0 fully saturated rings. The second-order valence-corrected chi connectivity index (χ2v) is 6.71. The third kappa shape index (κ3) is 3.51. The van der Waals surface area contributed by atoms with E-state index < -0.39 is 9.85 Å². The average molecular weight is 406 g/mol. The largest absolute Gasteiger partial charge is 0.288 e. The van der Waals surface area contributed by atoms with Crippen LogP contribution in [0.1, 0.15) is 0 Å². The first-order valence-electron chi connectivity index (χ1n) is 8.53. The van der Waals surface area contributed by atoms with Crippen molar-refractivity contribution in [3.05, 3.63) is 98.0 Å². The van der Waals surface area contributed by atoms with E-state index in [4.69, 9.17) is 11.6 Å². The zero-order valence-electron chi connectivity index (χ0n) is 14.8. The molecule has 0 aliphatic heterocycles. The number of nitrogens with zero attached hydrogens (tertiary/aromatic N) is 3. The molecule has 0 amide bonds. The van der Waals surface area contributed by atoms with Gasteiger partial charge in [-0.2, -0.15) is 0 Å². The summed E-state index contributed by atoms with van der Waals surface area (Å²) in [6.07, 6.45) is 0. The van der Waals surface area contributed by atoms with Gasteiger partial charge in [0.25, 0.3) is 11.4 Å². The molecule has 0 saturated heterocycles. The zero-order chi connectivity index (χ0) is 20.5. The number of non-ortho nitro benzene ring substituents is 1. The van der Waals surface area contributed by atoms with Crippen LogP contribution in [0.3, 0.4) is 0 Å². The molecule has 1 heterocycles. The van der Waals surface area contributed by atoms with Crippen LogP contribution in [0, 0.1) is 20.2 Å². The lowest BCUT2D eigenvalue weighted by atomic mass is 9.98. The van der Waals surface area contributed by atoms with E-state index in [0.29, 0.717) is 22.2 Å². The maximum absolute atomic E-state index is 11.2. The summed E-state index contributed by atoms with van der Waals surface area (Å²) in [6, 6.07) is 20.1. The van der Waals surface area contributed by atoms with E-state index >= 15 is 0 Å². The molecule has 142 valence electrons. The molecular formula is C21H12ClN3O4. The van der Waals surface area contributed by atoms with Crippen LogP contribution in [-0.2, 0) is 0 Å².